The van der Waals surface area contributed by atoms with Gasteiger partial charge >= 0.3 is 0 Å². The molecule has 0 saturated heterocycles. The van der Waals surface area contributed by atoms with Crippen LogP contribution in [0.5, 0.6) is 0 Å². The van der Waals surface area contributed by atoms with Gasteiger partial charge in [0.15, 0.2) is 0 Å². The Morgan fingerprint density at radius 3 is 2.33 bits per heavy atom. The van der Waals surface area contributed by atoms with E-state index in [1.54, 1.807) is 0 Å². The van der Waals surface area contributed by atoms with E-state index in [2.05, 4.69) is 0 Å². The topological polar surface area (TPSA) is 71.4 Å². The van der Waals surface area contributed by atoms with Gasteiger partial charge in [-0.1, -0.05) is 0 Å². The molecule has 0 aliphatic carbocycles. The lowest BCUT2D eigenvalue weighted by Gasteiger charge is -1.89. The third-order valence-corrected chi connectivity index (χ3v) is 1.53. The van der Waals surface area contributed by atoms with Crippen LogP contribution in [0.15, 0.2) is 0 Å². The Morgan fingerprint density at radius 2 is 2.00 bits per heavy atom. The zero-order valence-electron chi connectivity index (χ0n) is 4.78. The van der Waals surface area contributed by atoms with Crippen molar-refractivity contribution in [1.82, 2.24) is 0 Å². The average molecular weight is 152 g/mol. The number of unbranched alkanes of at least 4 members (excludes halogenated alkanes) is 1. The van der Waals surface area contributed by atoms with Crippen LogP contribution in [0.25, 0.3) is 0 Å². The van der Waals surface area contributed by atoms with Gasteiger partial charge in [-0.05, 0) is 6.42 Å². The molecule has 0 aromatic rings. The molecule has 0 unspecified atom stereocenters. The molecule has 0 saturated carbocycles. The van der Waals surface area contributed by atoms with Gasteiger partial charge in [0.25, 0.3) is 10.1 Å². The lowest BCUT2D eigenvalue weighted by molar-refractivity contribution is -0.107. The van der Waals surface area contributed by atoms with Gasteiger partial charge in [-0.15, -0.1) is 0 Å². The van der Waals surface area contributed by atoms with Crippen molar-refractivity contribution in [3.8, 4) is 0 Å². The molecule has 0 heterocycles. The van der Waals surface area contributed by atoms with Crippen LogP contribution in [-0.2, 0) is 14.9 Å². The molecule has 0 amide bonds. The molecule has 0 aliphatic heterocycles. The van der Waals surface area contributed by atoms with Crippen LogP contribution in [0.4, 0.5) is 0 Å². The fourth-order valence-corrected chi connectivity index (χ4v) is 0.881. The molecule has 9 heavy (non-hydrogen) atoms. The van der Waals surface area contributed by atoms with Crippen LogP contribution < -0.4 is 0 Å². The number of aldehydes is 1. The van der Waals surface area contributed by atoms with Gasteiger partial charge in [0, 0.05) is 6.42 Å². The fourth-order valence-electron chi connectivity index (χ4n) is 0.349. The van der Waals surface area contributed by atoms with E-state index >= 15 is 0 Å². The second-order valence-corrected chi connectivity index (χ2v) is 3.17. The highest BCUT2D eigenvalue weighted by atomic mass is 32.2. The van der Waals surface area contributed by atoms with Gasteiger partial charge in [-0.25, -0.2) is 0 Å². The largest absolute Gasteiger partial charge is 0.303 e. The third-order valence-electron chi connectivity index (χ3n) is 0.724. The Morgan fingerprint density at radius 1 is 1.44 bits per heavy atom. The summed E-state index contributed by atoms with van der Waals surface area (Å²) in [7, 11) is -3.86. The lowest BCUT2D eigenvalue weighted by Crippen LogP contribution is -2.03. The van der Waals surface area contributed by atoms with E-state index in [9.17, 15) is 13.2 Å². The molecule has 0 aromatic carbocycles. The molecular formula is C4H8O4S. The standard InChI is InChI=1S/C4H8O4S/c5-3-1-2-4-9(6,7)8/h3H,1-2,4H2,(H,6,7,8). The number of carbonyl (C=O) groups excluding carboxylic acids is 1. The first kappa shape index (κ1) is 8.58. The quantitative estimate of drug-likeness (QED) is 0.345. The number of hydrogen-bond donors (Lipinski definition) is 1. The summed E-state index contributed by atoms with van der Waals surface area (Å²) in [5.74, 6) is -0.328. The summed E-state index contributed by atoms with van der Waals surface area (Å²) in [6.45, 7) is 0. The van der Waals surface area contributed by atoms with Crippen LogP contribution in [0.2, 0.25) is 0 Å². The first-order chi connectivity index (χ1) is 4.06. The van der Waals surface area contributed by atoms with Crippen molar-refractivity contribution in [3.63, 3.8) is 0 Å². The van der Waals surface area contributed by atoms with Crippen LogP contribution in [0.3, 0.4) is 0 Å². The highest BCUT2D eigenvalue weighted by molar-refractivity contribution is 7.85. The molecule has 0 radical (unpaired) electrons. The number of carbonyl (C=O) groups is 1. The zero-order chi connectivity index (χ0) is 7.33. The first-order valence-corrected chi connectivity index (χ1v) is 4.06. The zero-order valence-corrected chi connectivity index (χ0v) is 5.60. The summed E-state index contributed by atoms with van der Waals surface area (Å²) in [4.78, 5) is 9.61. The van der Waals surface area contributed by atoms with Crippen LogP contribution >= 0.6 is 0 Å². The Bertz CT molecular complexity index is 169. The molecule has 0 aliphatic rings. The van der Waals surface area contributed by atoms with Gasteiger partial charge in [0.05, 0.1) is 5.75 Å². The minimum absolute atomic E-state index is 0.180. The van der Waals surface area contributed by atoms with E-state index < -0.39 is 10.1 Å². The van der Waals surface area contributed by atoms with Crippen LogP contribution in [0, 0.1) is 0 Å². The van der Waals surface area contributed by atoms with E-state index in [-0.39, 0.29) is 18.6 Å². The van der Waals surface area contributed by atoms with Crippen molar-refractivity contribution >= 4 is 16.4 Å². The fraction of sp³-hybridized carbons (Fsp3) is 0.750. The molecule has 1 N–H and O–H groups in total. The highest BCUT2D eigenvalue weighted by Gasteiger charge is 2.01. The molecular weight excluding hydrogens is 144 g/mol. The normalized spacial score (nSPS) is 11.2. The summed E-state index contributed by atoms with van der Waals surface area (Å²) >= 11 is 0. The first-order valence-electron chi connectivity index (χ1n) is 2.45. The minimum Gasteiger partial charge on any atom is -0.303 e. The second-order valence-electron chi connectivity index (χ2n) is 1.59. The van der Waals surface area contributed by atoms with Crippen molar-refractivity contribution in [3.05, 3.63) is 0 Å². The van der Waals surface area contributed by atoms with Gasteiger partial charge in [0.1, 0.15) is 6.29 Å². The van der Waals surface area contributed by atoms with E-state index in [1.165, 1.54) is 0 Å². The summed E-state index contributed by atoms with van der Waals surface area (Å²) < 4.78 is 28.0. The van der Waals surface area contributed by atoms with Crippen LogP contribution in [0.1, 0.15) is 12.8 Å². The molecule has 54 valence electrons. The third kappa shape index (κ3) is 7.58. The van der Waals surface area contributed by atoms with Crippen molar-refractivity contribution in [2.45, 2.75) is 12.8 Å². The Labute approximate surface area is 53.6 Å². The van der Waals surface area contributed by atoms with Gasteiger partial charge < -0.3 is 4.79 Å². The van der Waals surface area contributed by atoms with E-state index in [4.69, 9.17) is 4.55 Å². The summed E-state index contributed by atoms with van der Waals surface area (Å²) in [6.07, 6.45) is 0.993. The number of rotatable bonds is 4. The smallest absolute Gasteiger partial charge is 0.264 e. The molecule has 0 atom stereocenters. The average Bonchev–Trinajstić information content (AvgIpc) is 1.63. The maximum Gasteiger partial charge on any atom is 0.264 e. The van der Waals surface area contributed by atoms with Crippen molar-refractivity contribution in [1.29, 1.82) is 0 Å². The van der Waals surface area contributed by atoms with Crippen molar-refractivity contribution in [2.24, 2.45) is 0 Å². The van der Waals surface area contributed by atoms with Gasteiger partial charge in [-0.3, -0.25) is 4.55 Å². The molecule has 5 heteroatoms. The Hall–Kier alpha value is -0.420. The SMILES string of the molecule is O=CCCCS(=O)(=O)O. The van der Waals surface area contributed by atoms with E-state index in [1.807, 2.05) is 0 Å². The van der Waals surface area contributed by atoms with Crippen molar-refractivity contribution < 1.29 is 17.8 Å². The molecule has 4 nitrogen and oxygen atoms in total. The molecule has 0 bridgehead atoms. The Kier molecular flexibility index (Phi) is 3.41. The van der Waals surface area contributed by atoms with Gasteiger partial charge in [0.2, 0.25) is 0 Å². The molecule has 0 rings (SSSR count). The van der Waals surface area contributed by atoms with Crippen LogP contribution in [-0.4, -0.2) is 25.0 Å². The maximum absolute atomic E-state index is 9.95. The lowest BCUT2D eigenvalue weighted by atomic mass is 10.4. The second kappa shape index (κ2) is 3.58. The monoisotopic (exact) mass is 152 g/mol. The molecule has 0 spiro atoms. The van der Waals surface area contributed by atoms with E-state index in [0.29, 0.717) is 6.29 Å². The Balaban J connectivity index is 3.40. The predicted molar refractivity (Wildman–Crippen MR) is 31.7 cm³/mol. The number of hydrogen-bond acceptors (Lipinski definition) is 3. The summed E-state index contributed by atoms with van der Waals surface area (Å²) in [5, 5.41) is 0. The summed E-state index contributed by atoms with van der Waals surface area (Å²) in [5.41, 5.74) is 0. The minimum atomic E-state index is -3.86. The van der Waals surface area contributed by atoms with Gasteiger partial charge in [-0.2, -0.15) is 8.42 Å². The highest BCUT2D eigenvalue weighted by Crippen LogP contribution is 1.89. The van der Waals surface area contributed by atoms with E-state index in [0.717, 1.165) is 0 Å². The summed E-state index contributed by atoms with van der Waals surface area (Å²) in [6, 6.07) is 0. The predicted octanol–water partition coefficient (Wildman–Crippen LogP) is -0.147. The molecule has 0 aromatic heterocycles. The maximum atomic E-state index is 9.95. The molecule has 0 fully saturated rings. The van der Waals surface area contributed by atoms with Crippen molar-refractivity contribution in [2.75, 3.05) is 5.75 Å².